The fourth-order valence-corrected chi connectivity index (χ4v) is 4.11. The third-order valence-electron chi connectivity index (χ3n) is 6.23. The quantitative estimate of drug-likeness (QED) is 0.289. The highest BCUT2D eigenvalue weighted by atomic mass is 19.1. The molecule has 0 atom stereocenters. The van der Waals surface area contributed by atoms with Crippen LogP contribution in [0.4, 0.5) is 27.1 Å². The zero-order valence-electron chi connectivity index (χ0n) is 22.6. The molecule has 7 nitrogen and oxygen atoms in total. The van der Waals surface area contributed by atoms with Crippen LogP contribution in [0.5, 0.6) is 5.75 Å². The smallest absolute Gasteiger partial charge is 0.255 e. The average Bonchev–Trinajstić information content (AvgIpc) is 2.92. The fourth-order valence-electron chi connectivity index (χ4n) is 4.11. The number of anilines is 4. The van der Waals surface area contributed by atoms with Gasteiger partial charge in [0.05, 0.1) is 18.5 Å². The van der Waals surface area contributed by atoms with Crippen LogP contribution in [0.25, 0.3) is 11.1 Å². The van der Waals surface area contributed by atoms with Crippen molar-refractivity contribution < 1.29 is 18.7 Å². The van der Waals surface area contributed by atoms with Gasteiger partial charge in [0.15, 0.2) is 0 Å². The van der Waals surface area contributed by atoms with Crippen molar-refractivity contribution in [3.05, 3.63) is 102 Å². The molecule has 0 unspecified atom stereocenters. The molecule has 8 heteroatoms. The van der Waals surface area contributed by atoms with Crippen molar-refractivity contribution in [3.63, 3.8) is 0 Å². The molecule has 0 radical (unpaired) electrons. The summed E-state index contributed by atoms with van der Waals surface area (Å²) in [7, 11) is 8.95. The Morgan fingerprint density at radius 3 is 1.49 bits per heavy atom. The molecule has 0 spiro atoms. The molecule has 0 saturated heterocycles. The van der Waals surface area contributed by atoms with Gasteiger partial charge in [-0.3, -0.25) is 9.59 Å². The Bertz CT molecular complexity index is 1480. The summed E-state index contributed by atoms with van der Waals surface area (Å²) in [5.74, 6) is -0.309. The number of hydrogen-bond donors (Lipinski definition) is 2. The monoisotopic (exact) mass is 526 g/mol. The second-order valence-corrected chi connectivity index (χ2v) is 9.40. The Hall–Kier alpha value is -4.85. The molecule has 2 amide bonds. The van der Waals surface area contributed by atoms with Crippen molar-refractivity contribution in [3.8, 4) is 16.9 Å². The topological polar surface area (TPSA) is 73.9 Å². The lowest BCUT2D eigenvalue weighted by Gasteiger charge is -2.17. The summed E-state index contributed by atoms with van der Waals surface area (Å²) in [4.78, 5) is 29.0. The number of nitrogens with one attached hydrogen (secondary N) is 2. The van der Waals surface area contributed by atoms with Gasteiger partial charge >= 0.3 is 0 Å². The van der Waals surface area contributed by atoms with E-state index in [0.717, 1.165) is 16.8 Å². The summed E-state index contributed by atoms with van der Waals surface area (Å²) in [6.07, 6.45) is 0. The van der Waals surface area contributed by atoms with Gasteiger partial charge in [-0.15, -0.1) is 0 Å². The number of nitrogens with zero attached hydrogens (tertiary/aromatic N) is 2. The predicted molar refractivity (Wildman–Crippen MR) is 156 cm³/mol. The predicted octanol–water partition coefficient (Wildman–Crippen LogP) is 6.14. The van der Waals surface area contributed by atoms with Crippen LogP contribution in [0.15, 0.2) is 84.9 Å². The van der Waals surface area contributed by atoms with E-state index >= 15 is 0 Å². The van der Waals surface area contributed by atoms with Crippen LogP contribution >= 0.6 is 0 Å². The van der Waals surface area contributed by atoms with Crippen LogP contribution in [0.3, 0.4) is 0 Å². The van der Waals surface area contributed by atoms with Crippen molar-refractivity contribution >= 4 is 34.6 Å². The highest BCUT2D eigenvalue weighted by Crippen LogP contribution is 2.30. The summed E-state index contributed by atoms with van der Waals surface area (Å²) in [5, 5.41) is 5.63. The number of halogens is 1. The maximum absolute atomic E-state index is 14.2. The first-order valence-corrected chi connectivity index (χ1v) is 12.3. The molecule has 39 heavy (non-hydrogen) atoms. The zero-order valence-corrected chi connectivity index (χ0v) is 22.6. The van der Waals surface area contributed by atoms with Gasteiger partial charge in [-0.25, -0.2) is 4.39 Å². The Balaban J connectivity index is 1.41. The van der Waals surface area contributed by atoms with Crippen LogP contribution in [-0.4, -0.2) is 47.1 Å². The minimum absolute atomic E-state index is 0.233. The molecule has 0 saturated carbocycles. The molecular weight excluding hydrogens is 495 g/mol. The molecule has 200 valence electrons. The molecule has 0 heterocycles. The van der Waals surface area contributed by atoms with Gasteiger partial charge in [-0.2, -0.15) is 0 Å². The summed E-state index contributed by atoms with van der Waals surface area (Å²) < 4.78 is 19.7. The van der Waals surface area contributed by atoms with Gasteiger partial charge < -0.3 is 25.2 Å². The third kappa shape index (κ3) is 6.35. The summed E-state index contributed by atoms with van der Waals surface area (Å²) in [5.41, 5.74) is 5.13. The zero-order chi connectivity index (χ0) is 28.1. The molecule has 0 aliphatic carbocycles. The first-order chi connectivity index (χ1) is 18.7. The largest absolute Gasteiger partial charge is 0.495 e. The van der Waals surface area contributed by atoms with E-state index < -0.39 is 5.82 Å². The highest BCUT2D eigenvalue weighted by Gasteiger charge is 2.12. The number of methoxy groups -OCH3 is 1. The van der Waals surface area contributed by atoms with Crippen LogP contribution in [0.2, 0.25) is 0 Å². The van der Waals surface area contributed by atoms with Gasteiger partial charge in [0.1, 0.15) is 11.6 Å². The minimum atomic E-state index is -0.410. The number of hydrogen-bond acceptors (Lipinski definition) is 5. The fraction of sp³-hybridized carbons (Fsp3) is 0.161. The second kappa shape index (κ2) is 11.7. The highest BCUT2D eigenvalue weighted by molar-refractivity contribution is 6.05. The van der Waals surface area contributed by atoms with E-state index in [4.69, 9.17) is 4.74 Å². The molecule has 0 fully saturated rings. The number of carbonyl (C=O) groups is 2. The van der Waals surface area contributed by atoms with E-state index in [1.807, 2.05) is 55.4 Å². The standard InChI is InChI=1S/C31H31FN4O3/c1-35(2)27-16-14-24(18-26(27)32)33-30(37)22-10-6-20(7-11-22)21-8-12-23(13-9-21)31(38)34-25-15-17-28(36(3)4)29(19-25)39-5/h6-19H,1-5H3,(H,33,37)(H,34,38). The van der Waals surface area contributed by atoms with Gasteiger partial charge in [0.2, 0.25) is 0 Å². The molecular formula is C31H31FN4O3. The molecule has 4 aromatic rings. The molecule has 2 N–H and O–H groups in total. The maximum Gasteiger partial charge on any atom is 0.255 e. The van der Waals surface area contributed by atoms with Crippen molar-refractivity contribution in [1.29, 1.82) is 0 Å². The summed E-state index contributed by atoms with van der Waals surface area (Å²) in [6, 6.07) is 24.4. The number of benzene rings is 4. The Morgan fingerprint density at radius 2 is 1.08 bits per heavy atom. The molecule has 0 bridgehead atoms. The Morgan fingerprint density at radius 1 is 0.641 bits per heavy atom. The van der Waals surface area contributed by atoms with Crippen molar-refractivity contribution in [1.82, 2.24) is 0 Å². The lowest BCUT2D eigenvalue weighted by molar-refractivity contribution is 0.101. The van der Waals surface area contributed by atoms with Gasteiger partial charge in [0.25, 0.3) is 11.8 Å². The van der Waals surface area contributed by atoms with Crippen molar-refractivity contribution in [2.45, 2.75) is 0 Å². The number of carbonyl (C=O) groups excluding carboxylic acids is 2. The summed E-state index contributed by atoms with van der Waals surface area (Å²) >= 11 is 0. The van der Waals surface area contributed by atoms with E-state index in [-0.39, 0.29) is 11.8 Å². The van der Waals surface area contributed by atoms with Crippen LogP contribution < -0.4 is 25.2 Å². The SMILES string of the molecule is COc1cc(NC(=O)c2ccc(-c3ccc(C(=O)Nc4ccc(N(C)C)c(F)c4)cc3)cc2)ccc1N(C)C. The molecule has 4 aromatic carbocycles. The van der Waals surface area contributed by atoms with E-state index in [9.17, 15) is 14.0 Å². The van der Waals surface area contributed by atoms with Gasteiger partial charge in [0, 0.05) is 56.8 Å². The molecule has 0 aromatic heterocycles. The third-order valence-corrected chi connectivity index (χ3v) is 6.23. The van der Waals surface area contributed by atoms with Gasteiger partial charge in [-0.05, 0) is 65.7 Å². The maximum atomic E-state index is 14.2. The second-order valence-electron chi connectivity index (χ2n) is 9.40. The number of amides is 2. The first-order valence-electron chi connectivity index (χ1n) is 12.3. The van der Waals surface area contributed by atoms with Crippen molar-refractivity contribution in [2.24, 2.45) is 0 Å². The first kappa shape index (κ1) is 27.2. The van der Waals surface area contributed by atoms with E-state index in [0.29, 0.717) is 33.9 Å². The number of ether oxygens (including phenoxy) is 1. The lowest BCUT2D eigenvalue weighted by Crippen LogP contribution is -2.14. The summed E-state index contributed by atoms with van der Waals surface area (Å²) in [6.45, 7) is 0. The Labute approximate surface area is 227 Å². The van der Waals surface area contributed by atoms with Crippen molar-refractivity contribution in [2.75, 3.05) is 55.7 Å². The molecule has 0 aliphatic rings. The molecule has 0 aliphatic heterocycles. The lowest BCUT2D eigenvalue weighted by atomic mass is 10.0. The van der Waals surface area contributed by atoms with Crippen LogP contribution in [-0.2, 0) is 0 Å². The van der Waals surface area contributed by atoms with E-state index in [1.165, 1.54) is 6.07 Å². The number of rotatable bonds is 8. The normalized spacial score (nSPS) is 10.5. The average molecular weight is 527 g/mol. The van der Waals surface area contributed by atoms with Gasteiger partial charge in [-0.1, -0.05) is 24.3 Å². The molecule has 4 rings (SSSR count). The Kier molecular flexibility index (Phi) is 8.15. The van der Waals surface area contributed by atoms with Crippen LogP contribution in [0, 0.1) is 5.82 Å². The van der Waals surface area contributed by atoms with Crippen LogP contribution in [0.1, 0.15) is 20.7 Å². The van der Waals surface area contributed by atoms with E-state index in [1.54, 1.807) is 68.6 Å². The van der Waals surface area contributed by atoms with E-state index in [2.05, 4.69) is 10.6 Å². The minimum Gasteiger partial charge on any atom is -0.495 e.